The van der Waals surface area contributed by atoms with Crippen molar-refractivity contribution < 1.29 is 14.6 Å². The van der Waals surface area contributed by atoms with Gasteiger partial charge in [0.1, 0.15) is 0 Å². The topological polar surface area (TPSA) is 46.5 Å². The zero-order valence-electron chi connectivity index (χ0n) is 8.39. The molecule has 0 aliphatic carbocycles. The standard InChI is InChI=1S/C11H13BrO3/c1-2-15-11(14)10(13)9(12)8-6-4-3-5-7-8/h3-7,9-10,13H,2H2,1H3/t9-,10-/m1/s1. The highest BCUT2D eigenvalue weighted by atomic mass is 79.9. The number of halogens is 1. The predicted octanol–water partition coefficient (Wildman–Crippen LogP) is 2.05. The molecule has 1 aromatic carbocycles. The van der Waals surface area contributed by atoms with E-state index in [9.17, 15) is 9.90 Å². The maximum atomic E-state index is 11.3. The third-order valence-electron chi connectivity index (χ3n) is 1.92. The Kier molecular flexibility index (Phi) is 4.78. The van der Waals surface area contributed by atoms with Crippen molar-refractivity contribution in [1.82, 2.24) is 0 Å². The number of benzene rings is 1. The number of carbonyl (C=O) groups excluding carboxylic acids is 1. The molecule has 1 rings (SSSR count). The molecular weight excluding hydrogens is 260 g/mol. The Morgan fingerprint density at radius 1 is 1.47 bits per heavy atom. The van der Waals surface area contributed by atoms with Crippen LogP contribution in [0, 0.1) is 0 Å². The number of ether oxygens (including phenoxy) is 1. The molecule has 0 aliphatic heterocycles. The van der Waals surface area contributed by atoms with Gasteiger partial charge in [-0.05, 0) is 12.5 Å². The van der Waals surface area contributed by atoms with Crippen LogP contribution in [-0.2, 0) is 9.53 Å². The van der Waals surface area contributed by atoms with Gasteiger partial charge >= 0.3 is 5.97 Å². The highest BCUT2D eigenvalue weighted by Gasteiger charge is 2.26. The minimum atomic E-state index is -1.17. The number of carbonyl (C=O) groups is 1. The fraction of sp³-hybridized carbons (Fsp3) is 0.364. The van der Waals surface area contributed by atoms with Crippen molar-refractivity contribution in [2.24, 2.45) is 0 Å². The third-order valence-corrected chi connectivity index (χ3v) is 2.95. The van der Waals surface area contributed by atoms with Crippen LogP contribution in [0.2, 0.25) is 0 Å². The van der Waals surface area contributed by atoms with Crippen molar-refractivity contribution in [3.8, 4) is 0 Å². The number of aliphatic hydroxyl groups excluding tert-OH is 1. The van der Waals surface area contributed by atoms with Crippen LogP contribution in [0.4, 0.5) is 0 Å². The van der Waals surface area contributed by atoms with E-state index >= 15 is 0 Å². The van der Waals surface area contributed by atoms with Crippen molar-refractivity contribution in [2.45, 2.75) is 17.9 Å². The summed E-state index contributed by atoms with van der Waals surface area (Å²) in [6.07, 6.45) is -1.17. The van der Waals surface area contributed by atoms with E-state index in [0.717, 1.165) is 5.56 Å². The first-order valence-electron chi connectivity index (χ1n) is 4.70. The Hall–Kier alpha value is -0.870. The van der Waals surface area contributed by atoms with E-state index in [1.54, 1.807) is 6.92 Å². The monoisotopic (exact) mass is 272 g/mol. The average Bonchev–Trinajstić information content (AvgIpc) is 2.28. The Bertz CT molecular complexity index is 313. The number of esters is 1. The van der Waals surface area contributed by atoms with Crippen LogP contribution in [0.3, 0.4) is 0 Å². The van der Waals surface area contributed by atoms with Crippen molar-refractivity contribution >= 4 is 21.9 Å². The first-order chi connectivity index (χ1) is 7.16. The number of alkyl halides is 1. The van der Waals surface area contributed by atoms with Gasteiger partial charge in [0.25, 0.3) is 0 Å². The first-order valence-corrected chi connectivity index (χ1v) is 5.62. The van der Waals surface area contributed by atoms with Crippen molar-refractivity contribution in [3.05, 3.63) is 35.9 Å². The molecule has 4 heteroatoms. The van der Waals surface area contributed by atoms with Gasteiger partial charge in [-0.3, -0.25) is 0 Å². The smallest absolute Gasteiger partial charge is 0.336 e. The summed E-state index contributed by atoms with van der Waals surface area (Å²) in [4.78, 5) is 10.8. The van der Waals surface area contributed by atoms with Crippen LogP contribution < -0.4 is 0 Å². The van der Waals surface area contributed by atoms with Crippen LogP contribution >= 0.6 is 15.9 Å². The van der Waals surface area contributed by atoms with Crippen LogP contribution in [0.1, 0.15) is 17.3 Å². The molecule has 0 saturated heterocycles. The zero-order chi connectivity index (χ0) is 11.3. The Morgan fingerprint density at radius 2 is 2.07 bits per heavy atom. The molecule has 0 aromatic heterocycles. The van der Waals surface area contributed by atoms with Gasteiger partial charge in [-0.1, -0.05) is 46.3 Å². The molecule has 0 saturated carbocycles. The fourth-order valence-electron chi connectivity index (χ4n) is 1.17. The molecule has 0 heterocycles. The van der Waals surface area contributed by atoms with Gasteiger partial charge in [0.15, 0.2) is 6.10 Å². The molecule has 0 radical (unpaired) electrons. The molecule has 0 aliphatic rings. The van der Waals surface area contributed by atoms with E-state index in [-0.39, 0.29) is 6.61 Å². The van der Waals surface area contributed by atoms with Gasteiger partial charge in [-0.25, -0.2) is 4.79 Å². The quantitative estimate of drug-likeness (QED) is 0.674. The molecule has 3 nitrogen and oxygen atoms in total. The molecule has 0 unspecified atom stereocenters. The molecule has 1 aromatic rings. The van der Waals surface area contributed by atoms with E-state index in [4.69, 9.17) is 4.74 Å². The highest BCUT2D eigenvalue weighted by molar-refractivity contribution is 9.09. The predicted molar refractivity (Wildman–Crippen MR) is 60.7 cm³/mol. The molecule has 15 heavy (non-hydrogen) atoms. The van der Waals surface area contributed by atoms with Crippen LogP contribution in [0.5, 0.6) is 0 Å². The number of hydrogen-bond acceptors (Lipinski definition) is 3. The summed E-state index contributed by atoms with van der Waals surface area (Å²) < 4.78 is 4.73. The van der Waals surface area contributed by atoms with Crippen LogP contribution in [0.15, 0.2) is 30.3 Å². The molecule has 0 fully saturated rings. The second-order valence-corrected chi connectivity index (χ2v) is 4.00. The van der Waals surface area contributed by atoms with Gasteiger partial charge in [0.05, 0.1) is 11.4 Å². The lowest BCUT2D eigenvalue weighted by Crippen LogP contribution is -2.27. The zero-order valence-corrected chi connectivity index (χ0v) is 9.98. The molecule has 82 valence electrons. The van der Waals surface area contributed by atoms with Gasteiger partial charge in [-0.15, -0.1) is 0 Å². The lowest BCUT2D eigenvalue weighted by Gasteiger charge is -2.15. The van der Waals surface area contributed by atoms with Gasteiger partial charge in [0.2, 0.25) is 0 Å². The molecule has 0 bridgehead atoms. The van der Waals surface area contributed by atoms with Crippen molar-refractivity contribution in [3.63, 3.8) is 0 Å². The minimum Gasteiger partial charge on any atom is -0.464 e. The summed E-state index contributed by atoms with van der Waals surface area (Å²) in [5.74, 6) is -0.608. The van der Waals surface area contributed by atoms with E-state index in [1.807, 2.05) is 30.3 Å². The Balaban J connectivity index is 2.68. The van der Waals surface area contributed by atoms with E-state index in [1.165, 1.54) is 0 Å². The summed E-state index contributed by atoms with van der Waals surface area (Å²) in [5.41, 5.74) is 0.845. The number of hydrogen-bond donors (Lipinski definition) is 1. The van der Waals surface area contributed by atoms with Crippen LogP contribution in [0.25, 0.3) is 0 Å². The summed E-state index contributed by atoms with van der Waals surface area (Å²) >= 11 is 3.27. The largest absolute Gasteiger partial charge is 0.464 e. The second-order valence-electron chi connectivity index (χ2n) is 3.01. The summed E-state index contributed by atoms with van der Waals surface area (Å²) in [6.45, 7) is 1.97. The van der Waals surface area contributed by atoms with Crippen LogP contribution in [-0.4, -0.2) is 23.8 Å². The van der Waals surface area contributed by atoms with Gasteiger partial charge in [0, 0.05) is 0 Å². The van der Waals surface area contributed by atoms with E-state index in [0.29, 0.717) is 0 Å². The number of aliphatic hydroxyl groups is 1. The molecular formula is C11H13BrO3. The third kappa shape index (κ3) is 3.32. The number of rotatable bonds is 4. The van der Waals surface area contributed by atoms with Gasteiger partial charge in [-0.2, -0.15) is 0 Å². The lowest BCUT2D eigenvalue weighted by atomic mass is 10.1. The molecule has 1 N–H and O–H groups in total. The Labute approximate surface area is 97.2 Å². The minimum absolute atomic E-state index is 0.268. The average molecular weight is 273 g/mol. The molecule has 0 spiro atoms. The Morgan fingerprint density at radius 3 is 2.60 bits per heavy atom. The second kappa shape index (κ2) is 5.88. The normalized spacial score (nSPS) is 14.3. The van der Waals surface area contributed by atoms with Crippen molar-refractivity contribution in [2.75, 3.05) is 6.61 Å². The maximum absolute atomic E-state index is 11.3. The molecule has 2 atom stereocenters. The highest BCUT2D eigenvalue weighted by Crippen LogP contribution is 2.26. The summed E-state index contributed by atoms with van der Waals surface area (Å²) in [7, 11) is 0. The maximum Gasteiger partial charge on any atom is 0.336 e. The lowest BCUT2D eigenvalue weighted by molar-refractivity contribution is -0.152. The van der Waals surface area contributed by atoms with E-state index in [2.05, 4.69) is 15.9 Å². The van der Waals surface area contributed by atoms with Crippen molar-refractivity contribution in [1.29, 1.82) is 0 Å². The summed E-state index contributed by atoms with van der Waals surface area (Å²) in [6, 6.07) is 9.24. The van der Waals surface area contributed by atoms with E-state index < -0.39 is 16.9 Å². The van der Waals surface area contributed by atoms with Gasteiger partial charge < -0.3 is 9.84 Å². The summed E-state index contributed by atoms with van der Waals surface area (Å²) in [5, 5.41) is 9.65. The molecule has 0 amide bonds. The fourth-order valence-corrected chi connectivity index (χ4v) is 1.69. The SMILES string of the molecule is CCOC(=O)[C@H](O)[C@H](Br)c1ccccc1. The first kappa shape index (κ1) is 12.2.